The molecule has 0 aliphatic rings. The van der Waals surface area contributed by atoms with Crippen LogP contribution in [0.2, 0.25) is 20.1 Å². The van der Waals surface area contributed by atoms with Crippen molar-refractivity contribution in [2.75, 3.05) is 12.8 Å². The zero-order valence-electron chi connectivity index (χ0n) is 18.9. The minimum Gasteiger partial charge on any atom is -0.357 e. The Hall–Kier alpha value is -1.89. The average Bonchev–Trinajstić information content (AvgIpc) is 2.84. The molecule has 0 radical (unpaired) electrons. The van der Waals surface area contributed by atoms with E-state index in [1.54, 1.807) is 48.3 Å². The van der Waals surface area contributed by atoms with Gasteiger partial charge in [0, 0.05) is 51.4 Å². The summed E-state index contributed by atoms with van der Waals surface area (Å²) in [5.74, 6) is 0.0726. The standard InChI is InChI=1S/C26H24Cl4N2O2S/c1-31-26(34)24(13-17-7-3-2-4-8-17)32(14-18-20(27)9-5-10-21(18)28)25(33)16-35-15-19-22(29)11-6-12-23(19)30/h2-12,24H,13-16H2,1H3,(H,31,34)/t24-/m0/s1. The van der Waals surface area contributed by atoms with E-state index in [0.717, 1.165) is 11.1 Å². The van der Waals surface area contributed by atoms with E-state index in [9.17, 15) is 9.59 Å². The molecule has 2 amide bonds. The molecule has 3 aromatic carbocycles. The highest BCUT2D eigenvalue weighted by Crippen LogP contribution is 2.30. The van der Waals surface area contributed by atoms with E-state index in [4.69, 9.17) is 46.4 Å². The molecule has 0 heterocycles. The van der Waals surface area contributed by atoms with Crippen molar-refractivity contribution in [1.29, 1.82) is 0 Å². The monoisotopic (exact) mass is 568 g/mol. The second-order valence-corrected chi connectivity index (χ2v) is 10.3. The Bertz CT molecular complexity index is 1140. The zero-order chi connectivity index (χ0) is 25.4. The Kier molecular flexibility index (Phi) is 10.6. The molecule has 1 N–H and O–H groups in total. The molecule has 0 unspecified atom stereocenters. The van der Waals surface area contributed by atoms with Crippen LogP contribution in [0, 0.1) is 0 Å². The molecule has 35 heavy (non-hydrogen) atoms. The van der Waals surface area contributed by atoms with Gasteiger partial charge in [-0.2, -0.15) is 0 Å². The number of amides is 2. The van der Waals surface area contributed by atoms with Crippen molar-refractivity contribution >= 4 is 70.0 Å². The van der Waals surface area contributed by atoms with Gasteiger partial charge in [0.2, 0.25) is 11.8 Å². The first-order valence-electron chi connectivity index (χ1n) is 10.8. The molecule has 0 aliphatic carbocycles. The van der Waals surface area contributed by atoms with Crippen molar-refractivity contribution in [3.8, 4) is 0 Å². The van der Waals surface area contributed by atoms with Crippen molar-refractivity contribution < 1.29 is 9.59 Å². The van der Waals surface area contributed by atoms with Gasteiger partial charge in [-0.15, -0.1) is 11.8 Å². The number of nitrogens with zero attached hydrogens (tertiary/aromatic N) is 1. The maximum Gasteiger partial charge on any atom is 0.242 e. The highest BCUT2D eigenvalue weighted by Gasteiger charge is 2.30. The van der Waals surface area contributed by atoms with Crippen molar-refractivity contribution in [2.24, 2.45) is 0 Å². The molecule has 184 valence electrons. The molecule has 0 fully saturated rings. The molecule has 1 atom stereocenters. The van der Waals surface area contributed by atoms with Crippen LogP contribution in [-0.4, -0.2) is 35.6 Å². The van der Waals surface area contributed by atoms with E-state index < -0.39 is 6.04 Å². The minimum absolute atomic E-state index is 0.0929. The third-order valence-electron chi connectivity index (χ3n) is 5.44. The van der Waals surface area contributed by atoms with Crippen LogP contribution in [0.1, 0.15) is 16.7 Å². The van der Waals surface area contributed by atoms with Crippen LogP contribution in [0.25, 0.3) is 0 Å². The normalized spacial score (nSPS) is 11.7. The van der Waals surface area contributed by atoms with Crippen LogP contribution in [-0.2, 0) is 28.3 Å². The van der Waals surface area contributed by atoms with Crippen LogP contribution in [0.3, 0.4) is 0 Å². The molecule has 4 nitrogen and oxygen atoms in total. The summed E-state index contributed by atoms with van der Waals surface area (Å²) in [4.78, 5) is 28.1. The Morgan fingerprint density at radius 2 is 1.37 bits per heavy atom. The Morgan fingerprint density at radius 1 is 0.829 bits per heavy atom. The van der Waals surface area contributed by atoms with Gasteiger partial charge < -0.3 is 10.2 Å². The summed E-state index contributed by atoms with van der Waals surface area (Å²) in [5.41, 5.74) is 2.28. The van der Waals surface area contributed by atoms with Crippen molar-refractivity contribution in [3.63, 3.8) is 0 Å². The predicted molar refractivity (Wildman–Crippen MR) is 148 cm³/mol. The first-order chi connectivity index (χ1) is 16.8. The van der Waals surface area contributed by atoms with Crippen LogP contribution in [0.4, 0.5) is 0 Å². The number of halogens is 4. The number of rotatable bonds is 10. The van der Waals surface area contributed by atoms with Gasteiger partial charge >= 0.3 is 0 Å². The van der Waals surface area contributed by atoms with Gasteiger partial charge in [0.1, 0.15) is 6.04 Å². The fourth-order valence-electron chi connectivity index (χ4n) is 3.57. The van der Waals surface area contributed by atoms with Gasteiger partial charge in [0.15, 0.2) is 0 Å². The van der Waals surface area contributed by atoms with Gasteiger partial charge in [-0.3, -0.25) is 9.59 Å². The summed E-state index contributed by atoms with van der Waals surface area (Å²) < 4.78 is 0. The van der Waals surface area contributed by atoms with E-state index in [0.29, 0.717) is 37.8 Å². The smallest absolute Gasteiger partial charge is 0.242 e. The van der Waals surface area contributed by atoms with Crippen molar-refractivity contribution in [1.82, 2.24) is 10.2 Å². The quantitative estimate of drug-likeness (QED) is 0.288. The van der Waals surface area contributed by atoms with E-state index in [-0.39, 0.29) is 24.1 Å². The zero-order valence-corrected chi connectivity index (χ0v) is 22.8. The molecule has 3 aromatic rings. The summed E-state index contributed by atoms with van der Waals surface area (Å²) >= 11 is 26.8. The summed E-state index contributed by atoms with van der Waals surface area (Å²) in [6.07, 6.45) is 0.343. The molecule has 0 bridgehead atoms. The molecule has 0 saturated carbocycles. The van der Waals surface area contributed by atoms with Crippen LogP contribution in [0.5, 0.6) is 0 Å². The second kappa shape index (κ2) is 13.4. The summed E-state index contributed by atoms with van der Waals surface area (Å²) in [7, 11) is 1.56. The Morgan fingerprint density at radius 3 is 1.91 bits per heavy atom. The highest BCUT2D eigenvalue weighted by molar-refractivity contribution is 7.99. The molecule has 0 spiro atoms. The van der Waals surface area contributed by atoms with E-state index in [1.807, 2.05) is 30.3 Å². The first-order valence-corrected chi connectivity index (χ1v) is 13.5. The highest BCUT2D eigenvalue weighted by atomic mass is 35.5. The van der Waals surface area contributed by atoms with Crippen molar-refractivity contribution in [3.05, 3.63) is 104 Å². The SMILES string of the molecule is CNC(=O)[C@H](Cc1ccccc1)N(Cc1c(Cl)cccc1Cl)C(=O)CSCc1c(Cl)cccc1Cl. The fraction of sp³-hybridized carbons (Fsp3) is 0.231. The van der Waals surface area contributed by atoms with E-state index >= 15 is 0 Å². The van der Waals surface area contributed by atoms with Crippen molar-refractivity contribution in [2.45, 2.75) is 24.8 Å². The summed E-state index contributed by atoms with van der Waals surface area (Å²) in [6, 6.07) is 19.3. The van der Waals surface area contributed by atoms with Crippen LogP contribution in [0.15, 0.2) is 66.7 Å². The lowest BCUT2D eigenvalue weighted by atomic mass is 10.0. The number of nitrogens with one attached hydrogen (secondary N) is 1. The topological polar surface area (TPSA) is 49.4 Å². The molecule has 3 rings (SSSR count). The van der Waals surface area contributed by atoms with Crippen LogP contribution < -0.4 is 5.32 Å². The molecule has 0 saturated heterocycles. The number of thioether (sulfide) groups is 1. The lowest BCUT2D eigenvalue weighted by Crippen LogP contribution is -2.50. The molecule has 0 aromatic heterocycles. The van der Waals surface area contributed by atoms with Gasteiger partial charge in [0.05, 0.1) is 5.75 Å². The number of hydrogen-bond donors (Lipinski definition) is 1. The third-order valence-corrected chi connectivity index (χ3v) is 7.80. The largest absolute Gasteiger partial charge is 0.357 e. The van der Waals surface area contributed by atoms with Gasteiger partial charge in [0.25, 0.3) is 0 Å². The summed E-state index contributed by atoms with van der Waals surface area (Å²) in [6.45, 7) is 0.0929. The maximum atomic E-state index is 13.6. The lowest BCUT2D eigenvalue weighted by molar-refractivity contribution is -0.139. The van der Waals surface area contributed by atoms with Gasteiger partial charge in [-0.1, -0.05) is 88.9 Å². The Labute approximate surface area is 229 Å². The number of hydrogen-bond acceptors (Lipinski definition) is 3. The number of carbonyl (C=O) groups excluding carboxylic acids is 2. The lowest BCUT2D eigenvalue weighted by Gasteiger charge is -2.31. The number of carbonyl (C=O) groups is 2. The van der Waals surface area contributed by atoms with Gasteiger partial charge in [-0.05, 0) is 35.4 Å². The summed E-state index contributed by atoms with van der Waals surface area (Å²) in [5, 5.41) is 4.65. The third kappa shape index (κ3) is 7.55. The second-order valence-electron chi connectivity index (χ2n) is 7.73. The van der Waals surface area contributed by atoms with Crippen LogP contribution >= 0.6 is 58.2 Å². The Balaban J connectivity index is 1.88. The first kappa shape index (κ1) is 27.7. The van der Waals surface area contributed by atoms with E-state index in [1.165, 1.54) is 11.8 Å². The number of benzene rings is 3. The predicted octanol–water partition coefficient (Wildman–Crippen LogP) is 6.92. The molecule has 0 aliphatic heterocycles. The minimum atomic E-state index is -0.758. The molecule has 9 heteroatoms. The fourth-order valence-corrected chi connectivity index (χ4v) is 5.73. The molecular formula is C26H24Cl4N2O2S. The maximum absolute atomic E-state index is 13.6. The molecular weight excluding hydrogens is 546 g/mol. The van der Waals surface area contributed by atoms with Gasteiger partial charge in [-0.25, -0.2) is 0 Å². The van der Waals surface area contributed by atoms with E-state index in [2.05, 4.69) is 5.32 Å². The average molecular weight is 570 g/mol. The number of likely N-dealkylation sites (N-methyl/N-ethyl adjacent to an activating group) is 1.